The van der Waals surface area contributed by atoms with Crippen LogP contribution in [0.25, 0.3) is 0 Å². The topological polar surface area (TPSA) is 35.8 Å². The van der Waals surface area contributed by atoms with E-state index in [2.05, 4.69) is 36.1 Å². The molecule has 1 saturated heterocycles. The number of benzene rings is 1. The molecule has 1 atom stereocenters. The maximum absolute atomic E-state index is 8.80. The minimum atomic E-state index is 0.749. The Balaban J connectivity index is 1.84. The third-order valence-corrected chi connectivity index (χ3v) is 4.48. The van der Waals surface area contributed by atoms with Crippen molar-refractivity contribution in [3.8, 4) is 6.07 Å². The summed E-state index contributed by atoms with van der Waals surface area (Å²) in [5.74, 6) is 3.47. The zero-order valence-electron chi connectivity index (χ0n) is 10.2. The molecule has 90 valence electrons. The quantitative estimate of drug-likeness (QED) is 0.887. The van der Waals surface area contributed by atoms with Crippen LogP contribution in [0.3, 0.4) is 0 Å². The SMILES string of the molecule is Cc1cc(C#N)ccc1CNCC1CCSC1. The minimum Gasteiger partial charge on any atom is -0.312 e. The van der Waals surface area contributed by atoms with Crippen molar-refractivity contribution >= 4 is 11.8 Å². The highest BCUT2D eigenvalue weighted by Crippen LogP contribution is 2.22. The first-order valence-corrected chi connectivity index (χ1v) is 7.23. The van der Waals surface area contributed by atoms with E-state index in [4.69, 9.17) is 5.26 Å². The summed E-state index contributed by atoms with van der Waals surface area (Å²) < 4.78 is 0. The summed E-state index contributed by atoms with van der Waals surface area (Å²) >= 11 is 2.06. The Labute approximate surface area is 107 Å². The van der Waals surface area contributed by atoms with Gasteiger partial charge in [-0.05, 0) is 60.6 Å². The number of hydrogen-bond acceptors (Lipinski definition) is 3. The summed E-state index contributed by atoms with van der Waals surface area (Å²) in [5.41, 5.74) is 3.26. The Bertz CT molecular complexity index is 417. The molecule has 0 spiro atoms. The van der Waals surface area contributed by atoms with Crippen LogP contribution in [-0.4, -0.2) is 18.1 Å². The molecule has 2 rings (SSSR count). The van der Waals surface area contributed by atoms with E-state index in [-0.39, 0.29) is 0 Å². The van der Waals surface area contributed by atoms with Crippen LogP contribution in [0.2, 0.25) is 0 Å². The van der Waals surface area contributed by atoms with Crippen molar-refractivity contribution < 1.29 is 0 Å². The number of hydrogen-bond donors (Lipinski definition) is 1. The molecule has 1 aliphatic heterocycles. The van der Waals surface area contributed by atoms with E-state index in [1.54, 1.807) is 0 Å². The lowest BCUT2D eigenvalue weighted by Gasteiger charge is -2.11. The van der Waals surface area contributed by atoms with Gasteiger partial charge in [-0.1, -0.05) is 6.07 Å². The smallest absolute Gasteiger partial charge is 0.0991 e. The molecule has 0 amide bonds. The number of nitriles is 1. The average Bonchev–Trinajstić information content (AvgIpc) is 2.84. The van der Waals surface area contributed by atoms with Gasteiger partial charge in [0.2, 0.25) is 0 Å². The zero-order valence-corrected chi connectivity index (χ0v) is 11.0. The van der Waals surface area contributed by atoms with Crippen molar-refractivity contribution in [3.63, 3.8) is 0 Å². The van der Waals surface area contributed by atoms with E-state index < -0.39 is 0 Å². The highest BCUT2D eigenvalue weighted by atomic mass is 32.2. The van der Waals surface area contributed by atoms with Crippen LogP contribution in [0, 0.1) is 24.2 Å². The first-order valence-electron chi connectivity index (χ1n) is 6.07. The van der Waals surface area contributed by atoms with Crippen LogP contribution in [0.1, 0.15) is 23.1 Å². The lowest BCUT2D eigenvalue weighted by atomic mass is 10.1. The second-order valence-corrected chi connectivity index (χ2v) is 5.76. The molecule has 1 heterocycles. The molecule has 1 unspecified atom stereocenters. The highest BCUT2D eigenvalue weighted by Gasteiger charge is 2.14. The molecule has 1 aromatic rings. The fraction of sp³-hybridized carbons (Fsp3) is 0.500. The van der Waals surface area contributed by atoms with Crippen molar-refractivity contribution in [1.82, 2.24) is 5.32 Å². The van der Waals surface area contributed by atoms with Gasteiger partial charge in [0.05, 0.1) is 11.6 Å². The van der Waals surface area contributed by atoms with Gasteiger partial charge in [-0.3, -0.25) is 0 Å². The van der Waals surface area contributed by atoms with E-state index in [1.165, 1.54) is 29.1 Å². The lowest BCUT2D eigenvalue weighted by molar-refractivity contribution is 0.523. The van der Waals surface area contributed by atoms with Crippen molar-refractivity contribution in [1.29, 1.82) is 5.26 Å². The summed E-state index contributed by atoms with van der Waals surface area (Å²) in [7, 11) is 0. The van der Waals surface area contributed by atoms with Crippen molar-refractivity contribution in [2.45, 2.75) is 19.9 Å². The second-order valence-electron chi connectivity index (χ2n) is 4.61. The molecule has 3 heteroatoms. The van der Waals surface area contributed by atoms with Gasteiger partial charge in [-0.2, -0.15) is 17.0 Å². The predicted molar refractivity (Wildman–Crippen MR) is 73.0 cm³/mol. The Hall–Kier alpha value is -0.980. The van der Waals surface area contributed by atoms with E-state index >= 15 is 0 Å². The first kappa shape index (κ1) is 12.5. The molecule has 0 aromatic heterocycles. The number of nitrogens with zero attached hydrogens (tertiary/aromatic N) is 1. The molecule has 0 saturated carbocycles. The lowest BCUT2D eigenvalue weighted by Crippen LogP contribution is -2.22. The van der Waals surface area contributed by atoms with Crippen LogP contribution in [0.5, 0.6) is 0 Å². The molecule has 0 aliphatic carbocycles. The molecule has 0 radical (unpaired) electrons. The Kier molecular flexibility index (Phi) is 4.47. The fourth-order valence-electron chi connectivity index (χ4n) is 2.12. The van der Waals surface area contributed by atoms with Crippen molar-refractivity contribution in [2.24, 2.45) is 5.92 Å². The number of rotatable bonds is 4. The van der Waals surface area contributed by atoms with Gasteiger partial charge in [0.1, 0.15) is 0 Å². The molecule has 0 bridgehead atoms. The standard InChI is InChI=1S/C14H18N2S/c1-11-6-12(7-15)2-3-14(11)9-16-8-13-4-5-17-10-13/h2-3,6,13,16H,4-5,8-10H2,1H3. The summed E-state index contributed by atoms with van der Waals surface area (Å²) in [5, 5.41) is 12.3. The zero-order chi connectivity index (χ0) is 12.1. The third kappa shape index (κ3) is 3.49. The van der Waals surface area contributed by atoms with Gasteiger partial charge < -0.3 is 5.32 Å². The molecule has 1 fully saturated rings. The van der Waals surface area contributed by atoms with Gasteiger partial charge >= 0.3 is 0 Å². The summed E-state index contributed by atoms with van der Waals surface area (Å²) in [6.45, 7) is 4.11. The number of nitrogens with one attached hydrogen (secondary N) is 1. The normalized spacial score (nSPS) is 19.2. The molecule has 17 heavy (non-hydrogen) atoms. The first-order chi connectivity index (χ1) is 8.29. The Morgan fingerprint density at radius 2 is 2.41 bits per heavy atom. The van der Waals surface area contributed by atoms with Crippen LogP contribution in [-0.2, 0) is 6.54 Å². The second kappa shape index (κ2) is 6.09. The van der Waals surface area contributed by atoms with Crippen LogP contribution in [0.15, 0.2) is 18.2 Å². The van der Waals surface area contributed by atoms with Gasteiger partial charge in [0, 0.05) is 6.54 Å². The predicted octanol–water partition coefficient (Wildman–Crippen LogP) is 2.71. The van der Waals surface area contributed by atoms with E-state index in [0.717, 1.165) is 24.6 Å². The van der Waals surface area contributed by atoms with Crippen molar-refractivity contribution in [2.75, 3.05) is 18.1 Å². The van der Waals surface area contributed by atoms with E-state index in [0.29, 0.717) is 0 Å². The van der Waals surface area contributed by atoms with Gasteiger partial charge in [0.25, 0.3) is 0 Å². The molecule has 1 aliphatic rings. The van der Waals surface area contributed by atoms with Crippen LogP contribution < -0.4 is 5.32 Å². The monoisotopic (exact) mass is 246 g/mol. The van der Waals surface area contributed by atoms with Crippen LogP contribution in [0.4, 0.5) is 0 Å². The van der Waals surface area contributed by atoms with E-state index in [1.807, 2.05) is 12.1 Å². The van der Waals surface area contributed by atoms with E-state index in [9.17, 15) is 0 Å². The summed E-state index contributed by atoms with van der Waals surface area (Å²) in [6.07, 6.45) is 1.35. The summed E-state index contributed by atoms with van der Waals surface area (Å²) in [4.78, 5) is 0. The molecular weight excluding hydrogens is 228 g/mol. The number of aryl methyl sites for hydroxylation is 1. The van der Waals surface area contributed by atoms with Crippen molar-refractivity contribution in [3.05, 3.63) is 34.9 Å². The van der Waals surface area contributed by atoms with Crippen LogP contribution >= 0.6 is 11.8 Å². The van der Waals surface area contributed by atoms with Gasteiger partial charge in [0.15, 0.2) is 0 Å². The van der Waals surface area contributed by atoms with Gasteiger partial charge in [-0.25, -0.2) is 0 Å². The van der Waals surface area contributed by atoms with Gasteiger partial charge in [-0.15, -0.1) is 0 Å². The maximum atomic E-state index is 8.80. The highest BCUT2D eigenvalue weighted by molar-refractivity contribution is 7.99. The maximum Gasteiger partial charge on any atom is 0.0991 e. The number of thioether (sulfide) groups is 1. The summed E-state index contributed by atoms with van der Waals surface area (Å²) in [6, 6.07) is 8.09. The molecule has 1 aromatic carbocycles. The fourth-order valence-corrected chi connectivity index (χ4v) is 3.40. The molecule has 2 nitrogen and oxygen atoms in total. The third-order valence-electron chi connectivity index (χ3n) is 3.24. The Morgan fingerprint density at radius 3 is 3.06 bits per heavy atom. The largest absolute Gasteiger partial charge is 0.312 e. The minimum absolute atomic E-state index is 0.749. The average molecular weight is 246 g/mol. The Morgan fingerprint density at radius 1 is 1.53 bits per heavy atom. The molecule has 1 N–H and O–H groups in total. The molecular formula is C14H18N2S.